The van der Waals surface area contributed by atoms with Crippen LogP contribution in [0.4, 0.5) is 5.69 Å². The lowest BCUT2D eigenvalue weighted by Gasteiger charge is -2.05. The molecule has 0 atom stereocenters. The highest BCUT2D eigenvalue weighted by atomic mass is 32.1. The van der Waals surface area contributed by atoms with E-state index in [9.17, 15) is 14.9 Å². The zero-order valence-electron chi connectivity index (χ0n) is 10.5. The molecule has 0 unspecified atom stereocenters. The molecule has 0 spiro atoms. The molecule has 6 nitrogen and oxygen atoms in total. The van der Waals surface area contributed by atoms with Crippen LogP contribution in [0, 0.1) is 17.0 Å². The minimum atomic E-state index is -1.04. The minimum Gasteiger partial charge on any atom is -0.487 e. The van der Waals surface area contributed by atoms with Crippen LogP contribution in [-0.2, 0) is 6.61 Å². The number of ether oxygens (including phenoxy) is 1. The summed E-state index contributed by atoms with van der Waals surface area (Å²) in [6.07, 6.45) is 0. The third-order valence-corrected chi connectivity index (χ3v) is 3.55. The fourth-order valence-electron chi connectivity index (χ4n) is 1.67. The van der Waals surface area contributed by atoms with Gasteiger partial charge in [-0.2, -0.15) is 0 Å². The summed E-state index contributed by atoms with van der Waals surface area (Å²) in [5.74, 6) is -0.761. The first-order valence-electron chi connectivity index (χ1n) is 5.67. The van der Waals surface area contributed by atoms with Gasteiger partial charge in [-0.1, -0.05) is 12.1 Å². The van der Waals surface area contributed by atoms with Gasteiger partial charge in [-0.25, -0.2) is 4.79 Å². The number of carboxylic acids is 1. The van der Waals surface area contributed by atoms with Crippen molar-refractivity contribution in [3.8, 4) is 5.75 Å². The third kappa shape index (κ3) is 3.12. The van der Waals surface area contributed by atoms with Gasteiger partial charge in [-0.05, 0) is 18.6 Å². The van der Waals surface area contributed by atoms with Gasteiger partial charge in [0.15, 0.2) is 4.88 Å². The van der Waals surface area contributed by atoms with Gasteiger partial charge in [0.05, 0.1) is 4.92 Å². The number of nitro benzene ring substituents is 1. The Morgan fingerprint density at radius 2 is 2.20 bits per heavy atom. The van der Waals surface area contributed by atoms with Gasteiger partial charge in [0.2, 0.25) is 0 Å². The quantitative estimate of drug-likeness (QED) is 0.675. The van der Waals surface area contributed by atoms with E-state index in [2.05, 4.69) is 0 Å². The van der Waals surface area contributed by atoms with Gasteiger partial charge in [-0.3, -0.25) is 10.1 Å². The van der Waals surface area contributed by atoms with Crippen LogP contribution in [0.3, 0.4) is 0 Å². The van der Waals surface area contributed by atoms with E-state index in [1.807, 2.05) is 0 Å². The molecule has 1 aromatic carbocycles. The first-order chi connectivity index (χ1) is 9.47. The van der Waals surface area contributed by atoms with Crippen molar-refractivity contribution in [3.05, 3.63) is 55.8 Å². The summed E-state index contributed by atoms with van der Waals surface area (Å²) in [6.45, 7) is 1.87. The van der Waals surface area contributed by atoms with E-state index in [1.165, 1.54) is 12.1 Å². The Morgan fingerprint density at radius 1 is 1.45 bits per heavy atom. The number of thiophene rings is 1. The molecule has 1 aromatic heterocycles. The number of rotatable bonds is 5. The molecule has 0 saturated heterocycles. The number of nitrogens with zero attached hydrogens (tertiary/aromatic N) is 1. The lowest BCUT2D eigenvalue weighted by molar-refractivity contribution is -0.384. The number of aromatic carboxylic acids is 1. The Balaban J connectivity index is 2.15. The summed E-state index contributed by atoms with van der Waals surface area (Å²) in [7, 11) is 0. The van der Waals surface area contributed by atoms with Crippen molar-refractivity contribution in [1.29, 1.82) is 0 Å². The highest BCUT2D eigenvalue weighted by Gasteiger charge is 2.15. The second-order valence-electron chi connectivity index (χ2n) is 4.07. The van der Waals surface area contributed by atoms with E-state index < -0.39 is 10.9 Å². The van der Waals surface area contributed by atoms with Crippen molar-refractivity contribution in [2.75, 3.05) is 0 Å². The number of aryl methyl sites for hydroxylation is 1. The smallest absolute Gasteiger partial charge is 0.349 e. The Hall–Kier alpha value is -2.41. The maximum atomic E-state index is 11.0. The fraction of sp³-hybridized carbons (Fsp3) is 0.154. The van der Waals surface area contributed by atoms with Gasteiger partial charge >= 0.3 is 5.97 Å². The minimum absolute atomic E-state index is 0.0222. The normalized spacial score (nSPS) is 10.2. The molecule has 0 amide bonds. The summed E-state index contributed by atoms with van der Waals surface area (Å²) in [6, 6.07) is 7.69. The molecular weight excluding hydrogens is 282 g/mol. The molecule has 1 heterocycles. The van der Waals surface area contributed by atoms with Gasteiger partial charge in [-0.15, -0.1) is 11.3 Å². The van der Waals surface area contributed by atoms with Crippen LogP contribution in [0.5, 0.6) is 5.75 Å². The average molecular weight is 293 g/mol. The molecule has 20 heavy (non-hydrogen) atoms. The van der Waals surface area contributed by atoms with E-state index in [-0.39, 0.29) is 22.9 Å². The predicted molar refractivity (Wildman–Crippen MR) is 73.4 cm³/mol. The fourth-order valence-corrected chi connectivity index (χ4v) is 2.46. The first-order valence-corrected chi connectivity index (χ1v) is 6.49. The number of carbonyl (C=O) groups is 1. The van der Waals surface area contributed by atoms with Crippen LogP contribution < -0.4 is 4.74 Å². The zero-order chi connectivity index (χ0) is 14.7. The van der Waals surface area contributed by atoms with Crippen molar-refractivity contribution >= 4 is 23.0 Å². The molecule has 0 aliphatic carbocycles. The summed E-state index contributed by atoms with van der Waals surface area (Å²) < 4.78 is 5.45. The number of non-ortho nitro benzene ring substituents is 1. The third-order valence-electron chi connectivity index (χ3n) is 2.53. The second-order valence-corrected chi connectivity index (χ2v) is 5.33. The molecule has 0 saturated carbocycles. The number of benzene rings is 1. The summed E-state index contributed by atoms with van der Waals surface area (Å²) in [4.78, 5) is 22.2. The van der Waals surface area contributed by atoms with Gasteiger partial charge in [0, 0.05) is 17.0 Å². The Kier molecular flexibility index (Phi) is 3.99. The van der Waals surface area contributed by atoms with Crippen molar-refractivity contribution in [2.24, 2.45) is 0 Å². The molecule has 0 fully saturated rings. The number of hydrogen-bond donors (Lipinski definition) is 1. The van der Waals surface area contributed by atoms with E-state index in [4.69, 9.17) is 9.84 Å². The number of carboxylic acid groups (broad SMARTS) is 1. The standard InChI is InChI=1S/C13H11NO5S/c1-8-5-11(12(20-8)13(15)16)19-7-9-3-2-4-10(6-9)14(17)18/h2-6H,7H2,1H3,(H,15,16). The van der Waals surface area contributed by atoms with Crippen LogP contribution in [0.2, 0.25) is 0 Å². The maximum absolute atomic E-state index is 11.0. The Bertz CT molecular complexity index is 665. The van der Waals surface area contributed by atoms with Crippen LogP contribution in [0.15, 0.2) is 30.3 Å². The predicted octanol–water partition coefficient (Wildman–Crippen LogP) is 3.24. The maximum Gasteiger partial charge on any atom is 0.349 e. The number of nitro groups is 1. The van der Waals surface area contributed by atoms with Crippen LogP contribution in [0.25, 0.3) is 0 Å². The average Bonchev–Trinajstić information content (AvgIpc) is 2.78. The van der Waals surface area contributed by atoms with Crippen LogP contribution in [0.1, 0.15) is 20.1 Å². The first kappa shape index (κ1) is 14.0. The van der Waals surface area contributed by atoms with Crippen molar-refractivity contribution in [2.45, 2.75) is 13.5 Å². The van der Waals surface area contributed by atoms with E-state index in [0.717, 1.165) is 16.2 Å². The molecule has 104 valence electrons. The van der Waals surface area contributed by atoms with Gasteiger partial charge < -0.3 is 9.84 Å². The van der Waals surface area contributed by atoms with E-state index in [0.29, 0.717) is 5.56 Å². The zero-order valence-corrected chi connectivity index (χ0v) is 11.3. The molecule has 0 aliphatic rings. The highest BCUT2D eigenvalue weighted by molar-refractivity contribution is 7.14. The Morgan fingerprint density at radius 3 is 2.85 bits per heavy atom. The molecular formula is C13H11NO5S. The van der Waals surface area contributed by atoms with Crippen LogP contribution in [-0.4, -0.2) is 16.0 Å². The summed E-state index contributed by atoms with van der Waals surface area (Å²) in [5, 5.41) is 19.7. The lowest BCUT2D eigenvalue weighted by atomic mass is 10.2. The molecule has 2 aromatic rings. The second kappa shape index (κ2) is 5.70. The lowest BCUT2D eigenvalue weighted by Crippen LogP contribution is -2.00. The molecule has 1 N–H and O–H groups in total. The SMILES string of the molecule is Cc1cc(OCc2cccc([N+](=O)[O-])c2)c(C(=O)O)s1. The highest BCUT2D eigenvalue weighted by Crippen LogP contribution is 2.29. The van der Waals surface area contributed by atoms with Gasteiger partial charge in [0.1, 0.15) is 12.4 Å². The van der Waals surface area contributed by atoms with E-state index >= 15 is 0 Å². The molecule has 2 rings (SSSR count). The monoisotopic (exact) mass is 293 g/mol. The molecule has 0 aliphatic heterocycles. The summed E-state index contributed by atoms with van der Waals surface area (Å²) >= 11 is 1.13. The van der Waals surface area contributed by atoms with Crippen molar-refractivity contribution in [3.63, 3.8) is 0 Å². The van der Waals surface area contributed by atoms with Crippen molar-refractivity contribution in [1.82, 2.24) is 0 Å². The van der Waals surface area contributed by atoms with Crippen LogP contribution >= 0.6 is 11.3 Å². The Labute approximate surface area is 118 Å². The number of hydrogen-bond acceptors (Lipinski definition) is 5. The topological polar surface area (TPSA) is 89.7 Å². The van der Waals surface area contributed by atoms with Crippen molar-refractivity contribution < 1.29 is 19.6 Å². The summed E-state index contributed by atoms with van der Waals surface area (Å²) in [5.41, 5.74) is 0.588. The van der Waals surface area contributed by atoms with E-state index in [1.54, 1.807) is 25.1 Å². The molecule has 7 heteroatoms. The molecule has 0 radical (unpaired) electrons. The van der Waals surface area contributed by atoms with Gasteiger partial charge in [0.25, 0.3) is 5.69 Å². The largest absolute Gasteiger partial charge is 0.487 e. The molecule has 0 bridgehead atoms.